The lowest BCUT2D eigenvalue weighted by Crippen LogP contribution is -2.41. The van der Waals surface area contributed by atoms with Crippen molar-refractivity contribution in [2.24, 2.45) is 11.8 Å². The molecule has 0 bridgehead atoms. The van der Waals surface area contributed by atoms with Crippen LogP contribution < -0.4 is 11.3 Å². The Labute approximate surface area is 105 Å². The van der Waals surface area contributed by atoms with Gasteiger partial charge in [-0.3, -0.25) is 11.3 Å². The summed E-state index contributed by atoms with van der Waals surface area (Å²) in [5, 5.41) is 0. The number of sulfone groups is 1. The molecule has 17 heavy (non-hydrogen) atoms. The molecule has 0 aromatic heterocycles. The van der Waals surface area contributed by atoms with E-state index < -0.39 is 9.84 Å². The van der Waals surface area contributed by atoms with Gasteiger partial charge in [0.1, 0.15) is 9.84 Å². The number of hydrogen-bond acceptors (Lipinski definition) is 4. The Hall–Kier alpha value is -0.130. The largest absolute Gasteiger partial charge is 0.271 e. The van der Waals surface area contributed by atoms with Crippen LogP contribution in [0.3, 0.4) is 0 Å². The fourth-order valence-corrected chi connectivity index (χ4v) is 3.42. The van der Waals surface area contributed by atoms with Crippen LogP contribution in [0.15, 0.2) is 0 Å². The molecule has 0 aromatic rings. The van der Waals surface area contributed by atoms with E-state index in [2.05, 4.69) is 5.43 Å². The number of nitrogens with one attached hydrogen (secondary N) is 1. The molecule has 0 aliphatic heterocycles. The van der Waals surface area contributed by atoms with E-state index in [0.717, 1.165) is 6.42 Å². The summed E-state index contributed by atoms with van der Waals surface area (Å²) < 4.78 is 22.2. The molecule has 5 heteroatoms. The molecule has 0 saturated heterocycles. The second-order valence-electron chi connectivity index (χ2n) is 5.30. The van der Waals surface area contributed by atoms with Crippen molar-refractivity contribution in [2.45, 2.75) is 57.4 Å². The molecule has 1 aliphatic carbocycles. The number of nitrogens with two attached hydrogens (primary N) is 1. The van der Waals surface area contributed by atoms with Crippen LogP contribution in [0, 0.1) is 5.92 Å². The van der Waals surface area contributed by atoms with Crippen molar-refractivity contribution in [1.29, 1.82) is 0 Å². The SMILES string of the molecule is CS(=O)(=O)CCCC(NN)C1CCCCCC1. The van der Waals surface area contributed by atoms with E-state index >= 15 is 0 Å². The second kappa shape index (κ2) is 7.34. The van der Waals surface area contributed by atoms with Crippen LogP contribution in [0.25, 0.3) is 0 Å². The summed E-state index contributed by atoms with van der Waals surface area (Å²) in [4.78, 5) is 0. The van der Waals surface area contributed by atoms with E-state index in [9.17, 15) is 8.42 Å². The predicted octanol–water partition coefficient (Wildman–Crippen LogP) is 1.61. The molecular formula is C12H26N2O2S. The highest BCUT2D eigenvalue weighted by Gasteiger charge is 2.21. The first-order valence-electron chi connectivity index (χ1n) is 6.67. The summed E-state index contributed by atoms with van der Waals surface area (Å²) >= 11 is 0. The third-order valence-electron chi connectivity index (χ3n) is 3.71. The van der Waals surface area contributed by atoms with Crippen molar-refractivity contribution in [3.05, 3.63) is 0 Å². The Kier molecular flexibility index (Phi) is 6.44. The zero-order valence-electron chi connectivity index (χ0n) is 10.8. The van der Waals surface area contributed by atoms with E-state index in [0.29, 0.717) is 12.3 Å². The Morgan fingerprint density at radius 2 is 1.82 bits per heavy atom. The van der Waals surface area contributed by atoms with Gasteiger partial charge in [0.25, 0.3) is 0 Å². The van der Waals surface area contributed by atoms with Gasteiger partial charge < -0.3 is 0 Å². The second-order valence-corrected chi connectivity index (χ2v) is 7.56. The lowest BCUT2D eigenvalue weighted by Gasteiger charge is -2.25. The van der Waals surface area contributed by atoms with Gasteiger partial charge >= 0.3 is 0 Å². The summed E-state index contributed by atoms with van der Waals surface area (Å²) in [6, 6.07) is 0.287. The molecular weight excluding hydrogens is 236 g/mol. The van der Waals surface area contributed by atoms with Crippen molar-refractivity contribution < 1.29 is 8.42 Å². The zero-order valence-corrected chi connectivity index (χ0v) is 11.6. The summed E-state index contributed by atoms with van der Waals surface area (Å²) in [6.45, 7) is 0. The smallest absolute Gasteiger partial charge is 0.147 e. The minimum absolute atomic E-state index is 0.276. The van der Waals surface area contributed by atoms with Crippen LogP contribution in [-0.4, -0.2) is 26.5 Å². The van der Waals surface area contributed by atoms with Crippen molar-refractivity contribution in [3.8, 4) is 0 Å². The molecule has 4 nitrogen and oxygen atoms in total. The predicted molar refractivity (Wildman–Crippen MR) is 71.2 cm³/mol. The standard InChI is InChI=1S/C12H26N2O2S/c1-17(15,16)10-6-9-12(14-13)11-7-4-2-3-5-8-11/h11-12,14H,2-10,13H2,1H3. The Morgan fingerprint density at radius 3 is 2.29 bits per heavy atom. The average Bonchev–Trinajstić information content (AvgIpc) is 2.51. The van der Waals surface area contributed by atoms with Gasteiger partial charge in [0.15, 0.2) is 0 Å². The van der Waals surface area contributed by atoms with Crippen LogP contribution in [0.2, 0.25) is 0 Å². The van der Waals surface area contributed by atoms with Crippen molar-refractivity contribution >= 4 is 9.84 Å². The highest BCUT2D eigenvalue weighted by Crippen LogP contribution is 2.27. The fourth-order valence-electron chi connectivity index (χ4n) is 2.73. The van der Waals surface area contributed by atoms with Gasteiger partial charge in [-0.25, -0.2) is 8.42 Å². The van der Waals surface area contributed by atoms with E-state index in [1.807, 2.05) is 0 Å². The third-order valence-corrected chi connectivity index (χ3v) is 4.74. The maximum atomic E-state index is 11.1. The maximum absolute atomic E-state index is 11.1. The fraction of sp³-hybridized carbons (Fsp3) is 1.00. The van der Waals surface area contributed by atoms with Gasteiger partial charge in [-0.15, -0.1) is 0 Å². The minimum atomic E-state index is -2.83. The van der Waals surface area contributed by atoms with Crippen LogP contribution in [0.5, 0.6) is 0 Å². The molecule has 3 N–H and O–H groups in total. The lowest BCUT2D eigenvalue weighted by molar-refractivity contribution is 0.306. The first-order chi connectivity index (χ1) is 8.03. The quantitative estimate of drug-likeness (QED) is 0.433. The Bertz CT molecular complexity index is 296. The lowest BCUT2D eigenvalue weighted by atomic mass is 9.89. The summed E-state index contributed by atoms with van der Waals surface area (Å²) in [5.41, 5.74) is 2.89. The molecule has 0 spiro atoms. The minimum Gasteiger partial charge on any atom is -0.271 e. The summed E-state index contributed by atoms with van der Waals surface area (Å²) in [5.74, 6) is 6.51. The van der Waals surface area contributed by atoms with Crippen molar-refractivity contribution in [1.82, 2.24) is 5.43 Å². The topological polar surface area (TPSA) is 72.2 Å². The van der Waals surface area contributed by atoms with E-state index in [1.54, 1.807) is 0 Å². The zero-order chi connectivity index (χ0) is 12.7. The van der Waals surface area contributed by atoms with E-state index in [1.165, 1.54) is 44.8 Å². The highest BCUT2D eigenvalue weighted by molar-refractivity contribution is 7.90. The van der Waals surface area contributed by atoms with Gasteiger partial charge in [-0.05, 0) is 31.6 Å². The summed E-state index contributed by atoms with van der Waals surface area (Å²) in [6.07, 6.45) is 10.6. The van der Waals surface area contributed by atoms with Crippen molar-refractivity contribution in [2.75, 3.05) is 12.0 Å². The molecule has 0 heterocycles. The summed E-state index contributed by atoms with van der Waals surface area (Å²) in [7, 11) is -2.83. The molecule has 0 radical (unpaired) electrons. The monoisotopic (exact) mass is 262 g/mol. The van der Waals surface area contributed by atoms with E-state index in [4.69, 9.17) is 5.84 Å². The van der Waals surface area contributed by atoms with Crippen molar-refractivity contribution in [3.63, 3.8) is 0 Å². The van der Waals surface area contributed by atoms with Crippen LogP contribution in [0.4, 0.5) is 0 Å². The molecule has 1 saturated carbocycles. The number of rotatable bonds is 6. The molecule has 1 aliphatic rings. The van der Waals surface area contributed by atoms with Crippen LogP contribution >= 0.6 is 0 Å². The highest BCUT2D eigenvalue weighted by atomic mass is 32.2. The van der Waals surface area contributed by atoms with Gasteiger partial charge in [0.05, 0.1) is 0 Å². The molecule has 1 rings (SSSR count). The molecule has 102 valence electrons. The van der Waals surface area contributed by atoms with Crippen LogP contribution in [-0.2, 0) is 9.84 Å². The van der Waals surface area contributed by atoms with Gasteiger partial charge in [0, 0.05) is 18.1 Å². The first kappa shape index (κ1) is 14.9. The number of hydrazine groups is 1. The molecule has 1 fully saturated rings. The molecule has 0 amide bonds. The maximum Gasteiger partial charge on any atom is 0.147 e. The Balaban J connectivity index is 2.35. The van der Waals surface area contributed by atoms with Gasteiger partial charge in [-0.2, -0.15) is 0 Å². The molecule has 1 atom stereocenters. The number of hydrogen-bond donors (Lipinski definition) is 2. The molecule has 0 aromatic carbocycles. The van der Waals surface area contributed by atoms with Crippen LogP contribution in [0.1, 0.15) is 51.4 Å². The first-order valence-corrected chi connectivity index (χ1v) is 8.73. The normalized spacial score (nSPS) is 21.1. The average molecular weight is 262 g/mol. The molecule has 1 unspecified atom stereocenters. The third kappa shape index (κ3) is 6.38. The van der Waals surface area contributed by atoms with Gasteiger partial charge in [0.2, 0.25) is 0 Å². The van der Waals surface area contributed by atoms with Gasteiger partial charge in [-0.1, -0.05) is 25.7 Å². The van der Waals surface area contributed by atoms with E-state index in [-0.39, 0.29) is 11.8 Å². The Morgan fingerprint density at radius 1 is 1.24 bits per heavy atom.